The second-order valence-corrected chi connectivity index (χ2v) is 5.36. The molecule has 1 fully saturated rings. The van der Waals surface area contributed by atoms with Gasteiger partial charge in [0.25, 0.3) is 0 Å². The van der Waals surface area contributed by atoms with Gasteiger partial charge in [-0.3, -0.25) is 4.90 Å². The zero-order valence-corrected chi connectivity index (χ0v) is 12.7. The lowest BCUT2D eigenvalue weighted by molar-refractivity contribution is 0.0962. The van der Waals surface area contributed by atoms with E-state index < -0.39 is 0 Å². The summed E-state index contributed by atoms with van der Waals surface area (Å²) in [4.78, 5) is 17.9. The number of methoxy groups -OCH3 is 1. The molecule has 110 valence electrons. The first-order valence-corrected chi connectivity index (χ1v) is 6.84. The van der Waals surface area contributed by atoms with Crippen molar-refractivity contribution < 1.29 is 9.53 Å². The van der Waals surface area contributed by atoms with Gasteiger partial charge < -0.3 is 14.5 Å². The summed E-state index contributed by atoms with van der Waals surface area (Å²) < 4.78 is 5.45. The first-order chi connectivity index (χ1) is 9.54. The van der Waals surface area contributed by atoms with Gasteiger partial charge in [0, 0.05) is 39.3 Å². The molecule has 5 heteroatoms. The zero-order chi connectivity index (χ0) is 14.7. The van der Waals surface area contributed by atoms with Crippen LogP contribution in [0.4, 0.5) is 4.79 Å². The van der Waals surface area contributed by atoms with Gasteiger partial charge in [-0.15, -0.1) is 0 Å². The Morgan fingerprint density at radius 3 is 2.65 bits per heavy atom. The first-order valence-electron chi connectivity index (χ1n) is 6.84. The molecule has 1 aliphatic heterocycles. The smallest absolute Gasteiger partial charge is 0.319 e. The number of hydrogen-bond donors (Lipinski definition) is 0. The highest BCUT2D eigenvalue weighted by Gasteiger charge is 2.30. The molecule has 0 aliphatic carbocycles. The van der Waals surface area contributed by atoms with E-state index in [9.17, 15) is 4.79 Å². The summed E-state index contributed by atoms with van der Waals surface area (Å²) in [6.45, 7) is 2.31. The molecule has 1 aliphatic rings. The third-order valence-corrected chi connectivity index (χ3v) is 3.80. The number of nitrogens with zero attached hydrogens (tertiary/aromatic N) is 3. The number of piperazine rings is 1. The molecule has 1 aromatic carbocycles. The fourth-order valence-corrected chi connectivity index (χ4v) is 2.61. The molecule has 0 radical (unpaired) electrons. The van der Waals surface area contributed by atoms with Crippen LogP contribution in [0.25, 0.3) is 0 Å². The van der Waals surface area contributed by atoms with Crippen molar-refractivity contribution in [2.24, 2.45) is 0 Å². The van der Waals surface area contributed by atoms with E-state index >= 15 is 0 Å². The molecule has 0 saturated carbocycles. The number of urea groups is 1. The lowest BCUT2D eigenvalue weighted by atomic mass is 10.0. The molecule has 0 N–H and O–H groups in total. The van der Waals surface area contributed by atoms with E-state index in [1.807, 2.05) is 23.1 Å². The number of ether oxygens (including phenoxy) is 1. The predicted molar refractivity (Wildman–Crippen MR) is 79.0 cm³/mol. The Kier molecular flexibility index (Phi) is 4.49. The second kappa shape index (κ2) is 6.13. The van der Waals surface area contributed by atoms with Gasteiger partial charge in [-0.1, -0.05) is 18.2 Å². The van der Waals surface area contributed by atoms with Crippen molar-refractivity contribution in [3.63, 3.8) is 0 Å². The van der Waals surface area contributed by atoms with Crippen LogP contribution < -0.4 is 4.74 Å². The molecule has 0 spiro atoms. The number of para-hydroxylation sites is 1. The van der Waals surface area contributed by atoms with Gasteiger partial charge in [0.1, 0.15) is 5.75 Å². The van der Waals surface area contributed by atoms with Gasteiger partial charge in [0.05, 0.1) is 13.2 Å². The summed E-state index contributed by atoms with van der Waals surface area (Å²) in [5, 5.41) is 0. The summed E-state index contributed by atoms with van der Waals surface area (Å²) in [6, 6.07) is 8.26. The second-order valence-electron chi connectivity index (χ2n) is 5.36. The van der Waals surface area contributed by atoms with Crippen molar-refractivity contribution in [1.82, 2.24) is 14.7 Å². The van der Waals surface area contributed by atoms with E-state index in [0.717, 1.165) is 24.4 Å². The van der Waals surface area contributed by atoms with Gasteiger partial charge >= 0.3 is 6.03 Å². The molecule has 1 atom stereocenters. The Bertz CT molecular complexity index is 476. The van der Waals surface area contributed by atoms with E-state index in [4.69, 9.17) is 4.74 Å². The Morgan fingerprint density at radius 2 is 2.00 bits per heavy atom. The van der Waals surface area contributed by atoms with E-state index in [1.54, 1.807) is 26.1 Å². The molecule has 1 aromatic rings. The van der Waals surface area contributed by atoms with Crippen molar-refractivity contribution in [2.45, 2.75) is 6.04 Å². The minimum absolute atomic E-state index is 0.0676. The molecular weight excluding hydrogens is 254 g/mol. The standard InChI is InChI=1S/C15H23N3O2/c1-16(2)15(19)18-10-9-17(3)13(11-18)12-7-5-6-8-14(12)20-4/h5-8,13H,9-11H2,1-4H3. The SMILES string of the molecule is COc1ccccc1C1CN(C(=O)N(C)C)CCN1C. The minimum atomic E-state index is 0.0676. The summed E-state index contributed by atoms with van der Waals surface area (Å²) in [5.74, 6) is 0.878. The highest BCUT2D eigenvalue weighted by Crippen LogP contribution is 2.31. The Labute approximate surface area is 120 Å². The summed E-state index contributed by atoms with van der Waals surface area (Å²) in [7, 11) is 7.36. The normalized spacial score (nSPS) is 19.8. The number of amides is 2. The maximum absolute atomic E-state index is 12.1. The average Bonchev–Trinajstić information content (AvgIpc) is 2.47. The van der Waals surface area contributed by atoms with Crippen LogP contribution in [0, 0.1) is 0 Å². The summed E-state index contributed by atoms with van der Waals surface area (Å²) in [6.07, 6.45) is 0. The van der Waals surface area contributed by atoms with Gasteiger partial charge in [-0.2, -0.15) is 0 Å². The van der Waals surface area contributed by atoms with Crippen LogP contribution in [0.2, 0.25) is 0 Å². The van der Waals surface area contributed by atoms with Crippen LogP contribution in [0.15, 0.2) is 24.3 Å². The molecule has 2 amide bonds. The molecule has 1 saturated heterocycles. The van der Waals surface area contributed by atoms with Crippen molar-refractivity contribution in [3.05, 3.63) is 29.8 Å². The van der Waals surface area contributed by atoms with Gasteiger partial charge in [0.15, 0.2) is 0 Å². The van der Waals surface area contributed by atoms with Crippen molar-refractivity contribution >= 4 is 6.03 Å². The highest BCUT2D eigenvalue weighted by molar-refractivity contribution is 5.74. The van der Waals surface area contributed by atoms with Crippen LogP contribution in [0.3, 0.4) is 0 Å². The Morgan fingerprint density at radius 1 is 1.30 bits per heavy atom. The van der Waals surface area contributed by atoms with Crippen molar-refractivity contribution in [2.75, 3.05) is 47.9 Å². The average molecular weight is 277 g/mol. The van der Waals surface area contributed by atoms with E-state index in [1.165, 1.54) is 0 Å². The lowest BCUT2D eigenvalue weighted by Gasteiger charge is -2.40. The topological polar surface area (TPSA) is 36.0 Å². The van der Waals surface area contributed by atoms with Crippen LogP contribution in [-0.2, 0) is 0 Å². The largest absolute Gasteiger partial charge is 0.496 e. The number of rotatable bonds is 2. The summed E-state index contributed by atoms with van der Waals surface area (Å²) >= 11 is 0. The Hall–Kier alpha value is -1.75. The lowest BCUT2D eigenvalue weighted by Crippen LogP contribution is -2.51. The minimum Gasteiger partial charge on any atom is -0.496 e. The molecule has 1 unspecified atom stereocenters. The van der Waals surface area contributed by atoms with Crippen molar-refractivity contribution in [1.29, 1.82) is 0 Å². The van der Waals surface area contributed by atoms with E-state index in [0.29, 0.717) is 6.54 Å². The predicted octanol–water partition coefficient (Wildman–Crippen LogP) is 1.67. The highest BCUT2D eigenvalue weighted by atomic mass is 16.5. The van der Waals surface area contributed by atoms with Gasteiger partial charge in [-0.05, 0) is 13.1 Å². The molecule has 0 bridgehead atoms. The van der Waals surface area contributed by atoms with Crippen LogP contribution in [0.1, 0.15) is 11.6 Å². The van der Waals surface area contributed by atoms with E-state index in [2.05, 4.69) is 18.0 Å². The monoisotopic (exact) mass is 277 g/mol. The third-order valence-electron chi connectivity index (χ3n) is 3.80. The maximum atomic E-state index is 12.1. The number of likely N-dealkylation sites (N-methyl/N-ethyl adjacent to an activating group) is 1. The molecule has 2 rings (SSSR count). The van der Waals surface area contributed by atoms with Crippen molar-refractivity contribution in [3.8, 4) is 5.75 Å². The van der Waals surface area contributed by atoms with E-state index in [-0.39, 0.29) is 12.1 Å². The van der Waals surface area contributed by atoms with Gasteiger partial charge in [-0.25, -0.2) is 4.79 Å². The van der Waals surface area contributed by atoms with Gasteiger partial charge in [0.2, 0.25) is 0 Å². The van der Waals surface area contributed by atoms with Crippen LogP contribution in [0.5, 0.6) is 5.75 Å². The number of hydrogen-bond acceptors (Lipinski definition) is 3. The fourth-order valence-electron chi connectivity index (χ4n) is 2.61. The first kappa shape index (κ1) is 14.7. The maximum Gasteiger partial charge on any atom is 0.319 e. The molecule has 0 aromatic heterocycles. The van der Waals surface area contributed by atoms with Crippen LogP contribution in [-0.4, -0.2) is 68.6 Å². The number of carbonyl (C=O) groups is 1. The quantitative estimate of drug-likeness (QED) is 0.825. The number of carbonyl (C=O) groups excluding carboxylic acids is 1. The molecule has 1 heterocycles. The molecule has 20 heavy (non-hydrogen) atoms. The van der Waals surface area contributed by atoms with Crippen LogP contribution >= 0.6 is 0 Å². The summed E-state index contributed by atoms with van der Waals surface area (Å²) in [5.41, 5.74) is 1.13. The molecule has 5 nitrogen and oxygen atoms in total. The third kappa shape index (κ3) is 2.88. The number of benzene rings is 1. The Balaban J connectivity index is 2.23. The zero-order valence-electron chi connectivity index (χ0n) is 12.7. The fraction of sp³-hybridized carbons (Fsp3) is 0.533. The molecular formula is C15H23N3O2.